The highest BCUT2D eigenvalue weighted by Gasteiger charge is 2.36. The third-order valence-electron chi connectivity index (χ3n) is 4.10. The van der Waals surface area contributed by atoms with E-state index in [9.17, 15) is 14.6 Å². The van der Waals surface area contributed by atoms with Crippen molar-refractivity contribution in [1.82, 2.24) is 0 Å². The van der Waals surface area contributed by atoms with E-state index in [2.05, 4.69) is 0 Å². The van der Waals surface area contributed by atoms with Crippen molar-refractivity contribution in [3.63, 3.8) is 0 Å². The van der Waals surface area contributed by atoms with Crippen LogP contribution in [0.15, 0.2) is 66.7 Å². The highest BCUT2D eigenvalue weighted by molar-refractivity contribution is 5.45. The van der Waals surface area contributed by atoms with Gasteiger partial charge in [0.1, 0.15) is 11.5 Å². The van der Waals surface area contributed by atoms with Crippen molar-refractivity contribution in [3.05, 3.63) is 83.7 Å². The Bertz CT molecular complexity index is 925. The molecular weight excluding hydrogens is 323 g/mol. The molecule has 1 heterocycles. The number of rotatable bonds is 2. The molecule has 5 heteroatoms. The van der Waals surface area contributed by atoms with Gasteiger partial charge in [0.15, 0.2) is 29.5 Å². The summed E-state index contributed by atoms with van der Waals surface area (Å²) in [4.78, 5) is 0. The Labute approximate surface area is 143 Å². The lowest BCUT2D eigenvalue weighted by Gasteiger charge is -2.34. The molecule has 0 fully saturated rings. The normalized spacial score (nSPS) is 18.8. The SMILES string of the molecule is Oc1cccc([C@H]2Oc3c(F)cccc3O[C@H]2c2cccc(O)c2)c1. The lowest BCUT2D eigenvalue weighted by Crippen LogP contribution is -2.27. The van der Waals surface area contributed by atoms with Gasteiger partial charge < -0.3 is 19.7 Å². The van der Waals surface area contributed by atoms with Gasteiger partial charge in [0, 0.05) is 11.1 Å². The van der Waals surface area contributed by atoms with Crippen molar-refractivity contribution in [2.45, 2.75) is 12.2 Å². The smallest absolute Gasteiger partial charge is 0.197 e. The van der Waals surface area contributed by atoms with Crippen molar-refractivity contribution in [2.75, 3.05) is 0 Å². The van der Waals surface area contributed by atoms with Crippen molar-refractivity contribution < 1.29 is 24.1 Å². The summed E-state index contributed by atoms with van der Waals surface area (Å²) < 4.78 is 26.1. The molecule has 0 spiro atoms. The Morgan fingerprint density at radius 2 is 1.28 bits per heavy atom. The van der Waals surface area contributed by atoms with Crippen LogP contribution in [0, 0.1) is 5.82 Å². The summed E-state index contributed by atoms with van der Waals surface area (Å²) in [5.41, 5.74) is 1.32. The van der Waals surface area contributed by atoms with Crippen LogP contribution in [-0.2, 0) is 0 Å². The van der Waals surface area contributed by atoms with E-state index in [-0.39, 0.29) is 17.2 Å². The van der Waals surface area contributed by atoms with E-state index < -0.39 is 18.0 Å². The van der Waals surface area contributed by atoms with E-state index >= 15 is 0 Å². The molecule has 126 valence electrons. The van der Waals surface area contributed by atoms with Gasteiger partial charge in [-0.05, 0) is 36.4 Å². The van der Waals surface area contributed by atoms with Crippen LogP contribution in [0.4, 0.5) is 4.39 Å². The van der Waals surface area contributed by atoms with Gasteiger partial charge in [0.25, 0.3) is 0 Å². The Morgan fingerprint density at radius 3 is 1.88 bits per heavy atom. The van der Waals surface area contributed by atoms with Crippen LogP contribution in [-0.4, -0.2) is 10.2 Å². The highest BCUT2D eigenvalue weighted by atomic mass is 19.1. The monoisotopic (exact) mass is 338 g/mol. The minimum absolute atomic E-state index is 0.0345. The molecule has 4 rings (SSSR count). The molecule has 0 aliphatic carbocycles. The van der Waals surface area contributed by atoms with Crippen molar-refractivity contribution in [3.8, 4) is 23.0 Å². The number of benzene rings is 3. The molecular formula is C20H15FO4. The number of aromatic hydroxyl groups is 2. The summed E-state index contributed by atoms with van der Waals surface area (Å²) in [6.07, 6.45) is -1.29. The number of phenolic OH excluding ortho intramolecular Hbond substituents is 2. The van der Waals surface area contributed by atoms with Crippen molar-refractivity contribution in [2.24, 2.45) is 0 Å². The molecule has 25 heavy (non-hydrogen) atoms. The Kier molecular flexibility index (Phi) is 3.69. The Balaban J connectivity index is 1.83. The number of phenols is 2. The van der Waals surface area contributed by atoms with E-state index in [0.29, 0.717) is 16.9 Å². The highest BCUT2D eigenvalue weighted by Crippen LogP contribution is 2.47. The van der Waals surface area contributed by atoms with E-state index in [0.717, 1.165) is 0 Å². The fourth-order valence-electron chi connectivity index (χ4n) is 2.97. The molecule has 3 aromatic carbocycles. The third-order valence-corrected chi connectivity index (χ3v) is 4.10. The van der Waals surface area contributed by atoms with Gasteiger partial charge in [-0.3, -0.25) is 0 Å². The summed E-state index contributed by atoms with van der Waals surface area (Å²) in [6.45, 7) is 0. The summed E-state index contributed by atoms with van der Waals surface area (Å²) in [5, 5.41) is 19.6. The molecule has 0 saturated carbocycles. The first-order valence-electron chi connectivity index (χ1n) is 7.81. The molecule has 0 aromatic heterocycles. The first kappa shape index (κ1) is 15.3. The largest absolute Gasteiger partial charge is 0.508 e. The first-order valence-corrected chi connectivity index (χ1v) is 7.81. The fraction of sp³-hybridized carbons (Fsp3) is 0.100. The molecule has 0 saturated heterocycles. The van der Waals surface area contributed by atoms with Gasteiger partial charge in [-0.1, -0.05) is 30.3 Å². The van der Waals surface area contributed by atoms with Gasteiger partial charge in [-0.15, -0.1) is 0 Å². The van der Waals surface area contributed by atoms with Crippen LogP contribution in [0.3, 0.4) is 0 Å². The van der Waals surface area contributed by atoms with Crippen LogP contribution < -0.4 is 9.47 Å². The molecule has 0 bridgehead atoms. The lowest BCUT2D eigenvalue weighted by molar-refractivity contribution is 0.0145. The predicted molar refractivity (Wildman–Crippen MR) is 89.4 cm³/mol. The number of ether oxygens (including phenoxy) is 2. The second kappa shape index (κ2) is 6.02. The maximum atomic E-state index is 14.1. The van der Waals surface area contributed by atoms with E-state index in [1.54, 1.807) is 60.7 Å². The van der Waals surface area contributed by atoms with Gasteiger partial charge in [-0.25, -0.2) is 4.39 Å². The van der Waals surface area contributed by atoms with E-state index in [4.69, 9.17) is 9.47 Å². The number of fused-ring (bicyclic) bond motifs is 1. The molecule has 1 aliphatic heterocycles. The third kappa shape index (κ3) is 2.85. The van der Waals surface area contributed by atoms with Crippen molar-refractivity contribution in [1.29, 1.82) is 0 Å². The zero-order valence-corrected chi connectivity index (χ0v) is 13.1. The average Bonchev–Trinajstić information content (AvgIpc) is 2.61. The minimum atomic E-state index is -0.682. The van der Waals surface area contributed by atoms with Crippen molar-refractivity contribution >= 4 is 0 Å². The minimum Gasteiger partial charge on any atom is -0.508 e. The topological polar surface area (TPSA) is 58.9 Å². The molecule has 2 N–H and O–H groups in total. The van der Waals surface area contributed by atoms with E-state index in [1.807, 2.05) is 0 Å². The number of halogens is 1. The fourth-order valence-corrected chi connectivity index (χ4v) is 2.97. The number of hydrogen-bond donors (Lipinski definition) is 2. The van der Waals surface area contributed by atoms with Crippen LogP contribution in [0.1, 0.15) is 23.3 Å². The number of para-hydroxylation sites is 1. The van der Waals surface area contributed by atoms with E-state index in [1.165, 1.54) is 6.07 Å². The van der Waals surface area contributed by atoms with Crippen LogP contribution in [0.25, 0.3) is 0 Å². The van der Waals surface area contributed by atoms with Gasteiger partial charge >= 0.3 is 0 Å². The standard InChI is InChI=1S/C20H15FO4/c21-16-8-3-9-17-20(16)25-19(13-5-2-7-15(23)11-13)18(24-17)12-4-1-6-14(22)10-12/h1-11,18-19,22-23H/t18-,19+/m0/s1. The van der Waals surface area contributed by atoms with Gasteiger partial charge in [0.2, 0.25) is 0 Å². The molecule has 0 radical (unpaired) electrons. The summed E-state index contributed by atoms with van der Waals surface area (Å²) in [6, 6.07) is 17.7. The molecule has 1 aliphatic rings. The number of hydrogen-bond acceptors (Lipinski definition) is 4. The maximum absolute atomic E-state index is 14.1. The summed E-state index contributed by atoms with van der Waals surface area (Å²) in [7, 11) is 0. The Hall–Kier alpha value is -3.21. The van der Waals surface area contributed by atoms with Gasteiger partial charge in [0.05, 0.1) is 0 Å². The first-order chi connectivity index (χ1) is 12.1. The van der Waals surface area contributed by atoms with Crippen LogP contribution in [0.5, 0.6) is 23.0 Å². The molecule has 0 unspecified atom stereocenters. The summed E-state index contributed by atoms with van der Waals surface area (Å²) in [5.74, 6) is -0.00936. The molecule has 3 aromatic rings. The van der Waals surface area contributed by atoms with Crippen LogP contribution in [0.2, 0.25) is 0 Å². The lowest BCUT2D eigenvalue weighted by atomic mass is 9.96. The zero-order valence-electron chi connectivity index (χ0n) is 13.1. The Morgan fingerprint density at radius 1 is 0.720 bits per heavy atom. The van der Waals surface area contributed by atoms with Crippen LogP contribution >= 0.6 is 0 Å². The second-order valence-electron chi connectivity index (χ2n) is 5.83. The zero-order chi connectivity index (χ0) is 17.4. The maximum Gasteiger partial charge on any atom is 0.197 e. The quantitative estimate of drug-likeness (QED) is 0.723. The average molecular weight is 338 g/mol. The molecule has 4 nitrogen and oxygen atoms in total. The summed E-state index contributed by atoms with van der Waals surface area (Å²) >= 11 is 0. The second-order valence-corrected chi connectivity index (χ2v) is 5.83. The van der Waals surface area contributed by atoms with Gasteiger partial charge in [-0.2, -0.15) is 0 Å². The molecule has 0 amide bonds. The predicted octanol–water partition coefficient (Wildman–Crippen LogP) is 4.49. The molecule has 2 atom stereocenters.